The van der Waals surface area contributed by atoms with Gasteiger partial charge in [-0.3, -0.25) is 0 Å². The Kier molecular flexibility index (Phi) is 2.92. The van der Waals surface area contributed by atoms with Crippen LogP contribution in [0.3, 0.4) is 0 Å². The number of aromatic nitrogens is 2. The molecule has 2 aromatic rings. The molecule has 0 radical (unpaired) electrons. The van der Waals surface area contributed by atoms with Crippen LogP contribution in [0.15, 0.2) is 41.0 Å². The first-order chi connectivity index (χ1) is 12.8. The standard InChI is InChI=1S/C22H22N4/c1-7-20-21-8-6-18(25-21)11-16-3-2-14(23-16)10-15-4-5-17(24-15)12-19-9-13(1)22(20)26-19/h2-3,9-12,23-26H,1,4-8H2/b15-10-,17-12-,18-11-,21-20-. The Morgan fingerprint density at radius 2 is 1.31 bits per heavy atom. The molecular weight excluding hydrogens is 320 g/mol. The van der Waals surface area contributed by atoms with Crippen LogP contribution in [0.4, 0.5) is 0 Å². The number of hydrogen-bond donors (Lipinski definition) is 4. The van der Waals surface area contributed by atoms with Crippen LogP contribution < -0.4 is 10.6 Å². The summed E-state index contributed by atoms with van der Waals surface area (Å²) in [5, 5.41) is 7.28. The zero-order valence-electron chi connectivity index (χ0n) is 14.7. The Morgan fingerprint density at radius 3 is 2.12 bits per heavy atom. The fourth-order valence-electron chi connectivity index (χ4n) is 4.64. The first-order valence-corrected chi connectivity index (χ1v) is 9.59. The second-order valence-electron chi connectivity index (χ2n) is 7.71. The van der Waals surface area contributed by atoms with Gasteiger partial charge in [0.1, 0.15) is 0 Å². The van der Waals surface area contributed by atoms with E-state index in [-0.39, 0.29) is 0 Å². The van der Waals surface area contributed by atoms with E-state index in [1.54, 1.807) is 0 Å². The highest BCUT2D eigenvalue weighted by Gasteiger charge is 2.25. The number of allylic oxidation sites excluding steroid dienone is 5. The van der Waals surface area contributed by atoms with Crippen LogP contribution in [0.1, 0.15) is 60.4 Å². The lowest BCUT2D eigenvalue weighted by molar-refractivity contribution is 1.01. The second-order valence-corrected chi connectivity index (χ2v) is 7.71. The van der Waals surface area contributed by atoms with Crippen molar-refractivity contribution < 1.29 is 0 Å². The Balaban J connectivity index is 1.51. The van der Waals surface area contributed by atoms with Crippen LogP contribution in [0.5, 0.6) is 0 Å². The summed E-state index contributed by atoms with van der Waals surface area (Å²) in [7, 11) is 0. The fourth-order valence-corrected chi connectivity index (χ4v) is 4.64. The van der Waals surface area contributed by atoms with Crippen LogP contribution in [-0.4, -0.2) is 9.97 Å². The molecule has 5 heterocycles. The molecule has 1 aliphatic carbocycles. The molecule has 4 nitrogen and oxygen atoms in total. The topological polar surface area (TPSA) is 55.6 Å². The number of rotatable bonds is 0. The lowest BCUT2D eigenvalue weighted by Gasteiger charge is -2.06. The van der Waals surface area contributed by atoms with E-state index in [9.17, 15) is 0 Å². The first kappa shape index (κ1) is 14.3. The molecule has 0 aromatic carbocycles. The Morgan fingerprint density at radius 1 is 0.615 bits per heavy atom. The summed E-state index contributed by atoms with van der Waals surface area (Å²) in [5.41, 5.74) is 13.1. The summed E-state index contributed by atoms with van der Waals surface area (Å²) in [4.78, 5) is 7.21. The van der Waals surface area contributed by atoms with Crippen LogP contribution in [0.2, 0.25) is 0 Å². The van der Waals surface area contributed by atoms with Gasteiger partial charge in [-0.2, -0.15) is 0 Å². The van der Waals surface area contributed by atoms with Crippen molar-refractivity contribution in [2.24, 2.45) is 0 Å². The number of fused-ring (bicyclic) bond motifs is 7. The minimum absolute atomic E-state index is 1.07. The van der Waals surface area contributed by atoms with E-state index in [1.165, 1.54) is 51.0 Å². The highest BCUT2D eigenvalue weighted by atomic mass is 15.0. The highest BCUT2D eigenvalue weighted by molar-refractivity contribution is 5.76. The van der Waals surface area contributed by atoms with Crippen molar-refractivity contribution in [2.75, 3.05) is 0 Å². The molecule has 2 aromatic heterocycles. The second kappa shape index (κ2) is 5.31. The Hall–Kier alpha value is -2.88. The molecule has 26 heavy (non-hydrogen) atoms. The molecule has 3 aliphatic heterocycles. The zero-order chi connectivity index (χ0) is 17.1. The molecular formula is C22H22N4. The van der Waals surface area contributed by atoms with Crippen molar-refractivity contribution in [1.82, 2.24) is 20.6 Å². The average molecular weight is 342 g/mol. The van der Waals surface area contributed by atoms with Crippen LogP contribution in [0.25, 0.3) is 23.8 Å². The number of nitrogens with one attached hydrogen (secondary N) is 4. The molecule has 0 atom stereocenters. The van der Waals surface area contributed by atoms with Gasteiger partial charge in [-0.15, -0.1) is 0 Å². The van der Waals surface area contributed by atoms with Gasteiger partial charge in [0.2, 0.25) is 0 Å². The minimum atomic E-state index is 1.07. The summed E-state index contributed by atoms with van der Waals surface area (Å²) in [6.45, 7) is 0. The van der Waals surface area contributed by atoms with E-state index in [0.29, 0.717) is 0 Å². The van der Waals surface area contributed by atoms with E-state index in [1.807, 2.05) is 0 Å². The molecule has 0 amide bonds. The predicted octanol–water partition coefficient (Wildman–Crippen LogP) is 4.50. The molecule has 6 rings (SSSR count). The van der Waals surface area contributed by atoms with Gasteiger partial charge in [-0.05, 0) is 86.1 Å². The summed E-state index contributed by atoms with van der Waals surface area (Å²) in [6, 6.07) is 6.66. The lowest BCUT2D eigenvalue weighted by Crippen LogP contribution is -2.05. The van der Waals surface area contributed by atoms with Crippen LogP contribution in [-0.2, 0) is 6.42 Å². The molecule has 0 unspecified atom stereocenters. The van der Waals surface area contributed by atoms with E-state index in [2.05, 4.69) is 57.0 Å². The predicted molar refractivity (Wildman–Crippen MR) is 105 cm³/mol. The molecule has 0 spiro atoms. The largest absolute Gasteiger partial charge is 0.362 e. The summed E-state index contributed by atoms with van der Waals surface area (Å²) >= 11 is 0. The molecule has 4 heteroatoms. The van der Waals surface area contributed by atoms with E-state index in [0.717, 1.165) is 44.2 Å². The third-order valence-electron chi connectivity index (χ3n) is 5.89. The maximum absolute atomic E-state index is 3.69. The maximum Gasteiger partial charge on any atom is 0.0467 e. The van der Waals surface area contributed by atoms with Gasteiger partial charge in [0, 0.05) is 45.6 Å². The van der Waals surface area contributed by atoms with Crippen molar-refractivity contribution >= 4 is 23.8 Å². The molecule has 4 aliphatic rings. The van der Waals surface area contributed by atoms with Gasteiger partial charge >= 0.3 is 0 Å². The molecule has 2 saturated heterocycles. The third-order valence-corrected chi connectivity index (χ3v) is 5.89. The van der Waals surface area contributed by atoms with Gasteiger partial charge in [-0.25, -0.2) is 0 Å². The maximum atomic E-state index is 3.69. The fraction of sp³-hybridized carbons (Fsp3) is 0.273. The van der Waals surface area contributed by atoms with Gasteiger partial charge in [0.15, 0.2) is 0 Å². The number of aromatic amines is 2. The van der Waals surface area contributed by atoms with Crippen molar-refractivity contribution in [3.05, 3.63) is 69.3 Å². The van der Waals surface area contributed by atoms with E-state index in [4.69, 9.17) is 0 Å². The first-order valence-electron chi connectivity index (χ1n) is 9.59. The highest BCUT2D eigenvalue weighted by Crippen LogP contribution is 2.38. The quantitative estimate of drug-likeness (QED) is 0.570. The smallest absolute Gasteiger partial charge is 0.0467 e. The minimum Gasteiger partial charge on any atom is -0.362 e. The molecule has 2 fully saturated rings. The van der Waals surface area contributed by atoms with E-state index >= 15 is 0 Å². The normalized spacial score (nSPS) is 29.3. The summed E-state index contributed by atoms with van der Waals surface area (Å²) < 4.78 is 0. The average Bonchev–Trinajstić information content (AvgIpc) is 3.38. The van der Waals surface area contributed by atoms with Crippen LogP contribution in [0, 0.1) is 0 Å². The number of aryl methyl sites for hydroxylation is 1. The van der Waals surface area contributed by atoms with Gasteiger partial charge in [-0.1, -0.05) is 0 Å². The summed E-state index contributed by atoms with van der Waals surface area (Å²) in [6.07, 6.45) is 13.4. The molecule has 130 valence electrons. The molecule has 4 N–H and O–H groups in total. The lowest BCUT2D eigenvalue weighted by atomic mass is 10.1. The monoisotopic (exact) mass is 342 g/mol. The number of H-pyrrole nitrogens is 2. The van der Waals surface area contributed by atoms with Crippen molar-refractivity contribution in [3.8, 4) is 0 Å². The van der Waals surface area contributed by atoms with Crippen LogP contribution >= 0.6 is 0 Å². The number of hydrogen-bond acceptors (Lipinski definition) is 2. The van der Waals surface area contributed by atoms with Crippen molar-refractivity contribution in [3.63, 3.8) is 0 Å². The van der Waals surface area contributed by atoms with Crippen molar-refractivity contribution in [1.29, 1.82) is 0 Å². The molecule has 0 saturated carbocycles. The van der Waals surface area contributed by atoms with Gasteiger partial charge in [0.25, 0.3) is 0 Å². The molecule has 8 bridgehead atoms. The van der Waals surface area contributed by atoms with Gasteiger partial charge < -0.3 is 20.6 Å². The summed E-state index contributed by atoms with van der Waals surface area (Å²) in [5.74, 6) is 0. The SMILES string of the molecule is C1=C2/CC/C(=C/c3cc4c([nH]3)/C(=C3/CC/C(=C/c5ccc/1[nH]5)N3)CC4)N2. The van der Waals surface area contributed by atoms with Crippen molar-refractivity contribution in [2.45, 2.75) is 38.5 Å². The third kappa shape index (κ3) is 2.29. The Bertz CT molecular complexity index is 1040. The Labute approximate surface area is 152 Å². The zero-order valence-corrected chi connectivity index (χ0v) is 14.7. The van der Waals surface area contributed by atoms with E-state index < -0.39 is 0 Å². The van der Waals surface area contributed by atoms with Gasteiger partial charge in [0.05, 0.1) is 0 Å².